The molecule has 0 bridgehead atoms. The number of likely N-dealkylation sites (tertiary alicyclic amines) is 1. The summed E-state index contributed by atoms with van der Waals surface area (Å²) >= 11 is 0. The Hall–Kier alpha value is -4.74. The van der Waals surface area contributed by atoms with Crippen molar-refractivity contribution < 1.29 is 14.3 Å². The Morgan fingerprint density at radius 3 is 2.55 bits per heavy atom. The first-order valence-electron chi connectivity index (χ1n) is 18.9. The topological polar surface area (TPSA) is 135 Å². The number of benzene rings is 1. The number of ether oxygens (including phenoxy) is 2. The average molecular weight is 727 g/mol. The van der Waals surface area contributed by atoms with Crippen molar-refractivity contribution in [1.29, 1.82) is 0 Å². The summed E-state index contributed by atoms with van der Waals surface area (Å²) in [5, 5.41) is 5.91. The number of nitrogens with two attached hydrogens (primary N) is 2. The van der Waals surface area contributed by atoms with Gasteiger partial charge < -0.3 is 25.8 Å². The van der Waals surface area contributed by atoms with E-state index in [1.165, 1.54) is 12.8 Å². The van der Waals surface area contributed by atoms with Crippen LogP contribution in [0, 0.1) is 19.8 Å². The van der Waals surface area contributed by atoms with Crippen molar-refractivity contribution in [2.75, 3.05) is 44.7 Å². The van der Waals surface area contributed by atoms with Crippen LogP contribution in [0.25, 0.3) is 0 Å². The molecule has 0 saturated carbocycles. The van der Waals surface area contributed by atoms with Gasteiger partial charge in [-0.3, -0.25) is 9.69 Å². The van der Waals surface area contributed by atoms with E-state index in [9.17, 15) is 4.79 Å². The quantitative estimate of drug-likeness (QED) is 0.137. The summed E-state index contributed by atoms with van der Waals surface area (Å²) in [5.74, 6) is 4.01. The second-order valence-corrected chi connectivity index (χ2v) is 13.8. The van der Waals surface area contributed by atoms with Crippen molar-refractivity contribution in [2.45, 2.75) is 86.6 Å². The summed E-state index contributed by atoms with van der Waals surface area (Å²) in [4.78, 5) is 24.9. The predicted octanol–water partition coefficient (Wildman–Crippen LogP) is 7.56. The lowest BCUT2D eigenvalue weighted by Crippen LogP contribution is -2.30. The van der Waals surface area contributed by atoms with Gasteiger partial charge >= 0.3 is 0 Å². The lowest BCUT2D eigenvalue weighted by molar-refractivity contribution is -0.112. The molecule has 5 rings (SSSR count). The minimum absolute atomic E-state index is 0.144. The molecule has 3 aliphatic rings. The normalized spacial score (nSPS) is 18.8. The maximum absolute atomic E-state index is 10.6. The van der Waals surface area contributed by atoms with E-state index < -0.39 is 0 Å². The molecule has 0 aliphatic carbocycles. The van der Waals surface area contributed by atoms with Gasteiger partial charge in [-0.1, -0.05) is 39.8 Å². The van der Waals surface area contributed by atoms with Crippen LogP contribution in [0.3, 0.4) is 0 Å². The van der Waals surface area contributed by atoms with Gasteiger partial charge in [-0.15, -0.1) is 0 Å². The van der Waals surface area contributed by atoms with Gasteiger partial charge in [-0.2, -0.15) is 5.10 Å². The molecule has 4 N–H and O–H groups in total. The van der Waals surface area contributed by atoms with Crippen LogP contribution in [-0.4, -0.2) is 78.6 Å². The molecule has 11 heteroatoms. The standard InChI is InChI=1S/C30H38N6O2.C9H15NO.C3H9N/c1-7-9-13-35-18-20(3)19-37-27-16-22(5)28(34-30(27)35)29(31)33-24-10-11-26(21(4)15-24)38-25-12-14-36(32-8-2)23(6)17-25;1-8(11)5-6-9-4-3-7-10(9)2;1-2-3-4/h8,10-12,14-17,20H,6-7,9,13,18-19H2,1-5H3,(H2,31,33);5-6,9H,3-4,7H2,1-2H3;2-4H2,1H3/b32-8-;6-5+;. The number of carbonyl (C=O) groups excluding carboxylic acids is 1. The SMILES string of the molecule is C=C1C=C(Oc2ccc(N=C(N)c3nc4c(cc3C)OCC(C)CN4CCCC)cc2C)C=CN1/N=C\C.CC(=O)/C=C/C1CCCN1C.CCCN. The second-order valence-electron chi connectivity index (χ2n) is 13.8. The fourth-order valence-corrected chi connectivity index (χ4v) is 5.85. The lowest BCUT2D eigenvalue weighted by atomic mass is 10.1. The van der Waals surface area contributed by atoms with Crippen molar-refractivity contribution in [3.05, 3.63) is 89.6 Å². The second kappa shape index (κ2) is 21.7. The highest BCUT2D eigenvalue weighted by Crippen LogP contribution is 2.33. The summed E-state index contributed by atoms with van der Waals surface area (Å²) in [6, 6.07) is 8.27. The number of aryl methyl sites for hydroxylation is 2. The lowest BCUT2D eigenvalue weighted by Gasteiger charge is -2.25. The van der Waals surface area contributed by atoms with Gasteiger partial charge in [0, 0.05) is 43.5 Å². The van der Waals surface area contributed by atoms with Gasteiger partial charge in [0.2, 0.25) is 0 Å². The Kier molecular flexibility index (Phi) is 17.5. The molecule has 2 aromatic rings. The molecule has 1 saturated heterocycles. The molecule has 288 valence electrons. The Balaban J connectivity index is 0.000000420. The number of amidine groups is 1. The van der Waals surface area contributed by atoms with Crippen LogP contribution < -0.4 is 25.8 Å². The van der Waals surface area contributed by atoms with Gasteiger partial charge in [0.15, 0.2) is 17.4 Å². The van der Waals surface area contributed by atoms with E-state index in [0.717, 1.165) is 85.3 Å². The number of unbranched alkanes of at least 4 members (excludes halogenated alkanes) is 1. The first-order chi connectivity index (χ1) is 25.4. The molecular weight excluding hydrogens is 665 g/mol. The third-order valence-corrected chi connectivity index (χ3v) is 8.82. The monoisotopic (exact) mass is 726 g/mol. The maximum Gasteiger partial charge on any atom is 0.172 e. The molecule has 53 heavy (non-hydrogen) atoms. The fraction of sp³-hybridized carbons (Fsp3) is 0.476. The zero-order valence-corrected chi connectivity index (χ0v) is 33.3. The van der Waals surface area contributed by atoms with E-state index in [0.29, 0.717) is 35.9 Å². The van der Waals surface area contributed by atoms with Gasteiger partial charge in [-0.25, -0.2) is 15.0 Å². The number of hydrogen-bond donors (Lipinski definition) is 2. The first-order valence-corrected chi connectivity index (χ1v) is 18.9. The zero-order chi connectivity index (χ0) is 38.9. The molecular formula is C42H62N8O3. The number of carbonyl (C=O) groups is 1. The van der Waals surface area contributed by atoms with Crippen LogP contribution in [0.5, 0.6) is 11.5 Å². The number of pyridine rings is 1. The van der Waals surface area contributed by atoms with E-state index in [1.807, 2.05) is 69.5 Å². The van der Waals surface area contributed by atoms with Crippen LogP contribution in [0.15, 0.2) is 82.9 Å². The summed E-state index contributed by atoms with van der Waals surface area (Å²) in [6.45, 7) is 22.4. The van der Waals surface area contributed by atoms with Crippen LogP contribution in [-0.2, 0) is 4.79 Å². The third-order valence-electron chi connectivity index (χ3n) is 8.82. The van der Waals surface area contributed by atoms with E-state index >= 15 is 0 Å². The van der Waals surface area contributed by atoms with Gasteiger partial charge in [0.05, 0.1) is 18.0 Å². The number of aromatic nitrogens is 1. The Labute approximate surface area is 317 Å². The van der Waals surface area contributed by atoms with Gasteiger partial charge in [-0.05, 0) is 121 Å². The molecule has 2 atom stereocenters. The number of allylic oxidation sites excluding steroid dienone is 3. The van der Waals surface area contributed by atoms with E-state index in [2.05, 4.69) is 49.3 Å². The Morgan fingerprint density at radius 2 is 1.94 bits per heavy atom. The highest BCUT2D eigenvalue weighted by molar-refractivity contribution is 5.99. The molecule has 3 aliphatic heterocycles. The number of anilines is 1. The van der Waals surface area contributed by atoms with Crippen LogP contribution in [0.2, 0.25) is 0 Å². The van der Waals surface area contributed by atoms with Crippen LogP contribution in [0.4, 0.5) is 11.5 Å². The Morgan fingerprint density at radius 1 is 1.19 bits per heavy atom. The summed E-state index contributed by atoms with van der Waals surface area (Å²) in [6.07, 6.45) is 16.7. The smallest absolute Gasteiger partial charge is 0.172 e. The minimum Gasteiger partial charge on any atom is -0.489 e. The van der Waals surface area contributed by atoms with Crippen LogP contribution in [0.1, 0.15) is 83.5 Å². The van der Waals surface area contributed by atoms with Gasteiger partial charge in [0.25, 0.3) is 0 Å². The molecule has 11 nitrogen and oxygen atoms in total. The fourth-order valence-electron chi connectivity index (χ4n) is 5.85. The van der Waals surface area contributed by atoms with Crippen molar-refractivity contribution in [3.63, 3.8) is 0 Å². The van der Waals surface area contributed by atoms with Crippen molar-refractivity contribution in [1.82, 2.24) is 14.9 Å². The average Bonchev–Trinajstić information content (AvgIpc) is 3.48. The summed E-state index contributed by atoms with van der Waals surface area (Å²) in [5.41, 5.74) is 15.6. The number of nitrogens with zero attached hydrogens (tertiary/aromatic N) is 6. The molecule has 4 heterocycles. The first kappa shape index (κ1) is 42.7. The molecule has 0 amide bonds. The van der Waals surface area contributed by atoms with Gasteiger partial charge in [0.1, 0.15) is 23.0 Å². The number of likely N-dealkylation sites (N-methyl/N-ethyl adjacent to an activating group) is 1. The molecule has 0 spiro atoms. The van der Waals surface area contributed by atoms with Crippen molar-refractivity contribution >= 4 is 29.3 Å². The number of ketones is 1. The largest absolute Gasteiger partial charge is 0.489 e. The maximum atomic E-state index is 10.6. The molecule has 2 unspecified atom stereocenters. The number of hydrazone groups is 1. The molecule has 0 radical (unpaired) electrons. The third kappa shape index (κ3) is 13.3. The van der Waals surface area contributed by atoms with E-state index in [-0.39, 0.29) is 5.78 Å². The van der Waals surface area contributed by atoms with E-state index in [4.69, 9.17) is 30.9 Å². The number of aliphatic imine (C=N–C) groups is 1. The number of fused-ring (bicyclic) bond motifs is 1. The predicted molar refractivity (Wildman–Crippen MR) is 220 cm³/mol. The Bertz CT molecular complexity index is 1680. The number of rotatable bonds is 11. The zero-order valence-electron chi connectivity index (χ0n) is 33.3. The molecule has 1 aromatic carbocycles. The molecule has 1 aromatic heterocycles. The number of hydrogen-bond acceptors (Lipinski definition) is 10. The highest BCUT2D eigenvalue weighted by Gasteiger charge is 2.24. The summed E-state index contributed by atoms with van der Waals surface area (Å²) in [7, 11) is 2.10. The van der Waals surface area contributed by atoms with Crippen molar-refractivity contribution in [3.8, 4) is 11.5 Å². The van der Waals surface area contributed by atoms with Crippen molar-refractivity contribution in [2.24, 2.45) is 27.5 Å². The van der Waals surface area contributed by atoms with Crippen LogP contribution >= 0.6 is 0 Å². The minimum atomic E-state index is 0.144. The highest BCUT2D eigenvalue weighted by atomic mass is 16.5. The van der Waals surface area contributed by atoms with E-state index in [1.54, 1.807) is 24.2 Å². The molecule has 1 fully saturated rings. The summed E-state index contributed by atoms with van der Waals surface area (Å²) < 4.78 is 12.2.